The highest BCUT2D eigenvalue weighted by molar-refractivity contribution is 8.08. The first kappa shape index (κ1) is 24.5. The topological polar surface area (TPSA) is 55.4 Å². The fraction of sp³-hybridized carbons (Fsp3) is 0.222. The maximum atomic E-state index is 13.5. The minimum absolute atomic E-state index is 0.0340. The number of ether oxygens (including phenoxy) is 1. The fourth-order valence-corrected chi connectivity index (χ4v) is 7.66. The number of hydrogen-bond acceptors (Lipinski definition) is 7. The summed E-state index contributed by atoms with van der Waals surface area (Å²) in [6.45, 7) is 5.20. The Kier molecular flexibility index (Phi) is 6.87. The summed E-state index contributed by atoms with van der Waals surface area (Å²) in [4.78, 5) is 29.0. The van der Waals surface area contributed by atoms with Gasteiger partial charge in [0.1, 0.15) is 14.2 Å². The molecular formula is C27H26N3O3S3+. The molecule has 9 heteroatoms. The summed E-state index contributed by atoms with van der Waals surface area (Å²) in [7, 11) is 3.42. The van der Waals surface area contributed by atoms with Crippen LogP contribution in [0.25, 0.3) is 11.1 Å². The normalized spacial score (nSPS) is 14.9. The molecule has 0 radical (unpaired) electrons. The molecule has 0 amide bonds. The molecule has 6 nitrogen and oxygen atoms in total. The molecule has 4 aromatic rings. The molecule has 0 saturated carbocycles. The minimum atomic E-state index is -0.346. The quantitative estimate of drug-likeness (QED) is 0.289. The molecule has 1 aliphatic rings. The third kappa shape index (κ3) is 4.42. The van der Waals surface area contributed by atoms with E-state index in [1.54, 1.807) is 29.2 Å². The van der Waals surface area contributed by atoms with Crippen LogP contribution in [0.5, 0.6) is 0 Å². The first-order chi connectivity index (χ1) is 17.4. The van der Waals surface area contributed by atoms with Crippen LogP contribution in [-0.2, 0) is 17.8 Å². The number of nitrogens with zero attached hydrogens (tertiary/aromatic N) is 3. The van der Waals surface area contributed by atoms with E-state index in [0.29, 0.717) is 18.7 Å². The van der Waals surface area contributed by atoms with Crippen LogP contribution >= 0.6 is 34.4 Å². The molecule has 0 fully saturated rings. The molecular weight excluding hydrogens is 511 g/mol. The average Bonchev–Trinajstić information content (AvgIpc) is 3.54. The van der Waals surface area contributed by atoms with Crippen LogP contribution in [-0.4, -0.2) is 24.7 Å². The Bertz CT molecular complexity index is 1650. The minimum Gasteiger partial charge on any atom is -0.465 e. The molecule has 2 aromatic heterocycles. The van der Waals surface area contributed by atoms with Gasteiger partial charge >= 0.3 is 5.97 Å². The van der Waals surface area contributed by atoms with E-state index in [0.717, 1.165) is 30.5 Å². The largest absolute Gasteiger partial charge is 0.465 e. The van der Waals surface area contributed by atoms with Crippen molar-refractivity contribution in [3.8, 4) is 0 Å². The van der Waals surface area contributed by atoms with Gasteiger partial charge in [0.15, 0.2) is 12.7 Å². The number of rotatable bonds is 5. The number of hydrogen-bond donors (Lipinski definition) is 0. The summed E-state index contributed by atoms with van der Waals surface area (Å²) < 4.78 is 10.5. The van der Waals surface area contributed by atoms with Crippen molar-refractivity contribution >= 4 is 57.2 Å². The second-order valence-electron chi connectivity index (χ2n) is 8.42. The SMILES string of the molecule is CCn1c(=O)/c(=C2\Sc3cc(C)ccc3N2C)s/c1=C\c1scc[n+]1Cc1ccccc1C(=O)OC. The number of carbonyl (C=O) groups is 1. The van der Waals surface area contributed by atoms with Crippen molar-refractivity contribution in [2.45, 2.75) is 31.8 Å². The Morgan fingerprint density at radius 3 is 2.78 bits per heavy atom. The number of benzene rings is 2. The van der Waals surface area contributed by atoms with E-state index in [9.17, 15) is 9.59 Å². The van der Waals surface area contributed by atoms with Gasteiger partial charge in [-0.15, -0.1) is 11.3 Å². The summed E-state index contributed by atoms with van der Waals surface area (Å²) in [5.41, 5.74) is 3.81. The zero-order valence-electron chi connectivity index (χ0n) is 20.5. The van der Waals surface area contributed by atoms with Crippen molar-refractivity contribution in [1.82, 2.24) is 4.57 Å². The van der Waals surface area contributed by atoms with E-state index in [1.165, 1.54) is 28.9 Å². The zero-order chi connectivity index (χ0) is 25.4. The van der Waals surface area contributed by atoms with Gasteiger partial charge < -0.3 is 9.64 Å². The molecule has 36 heavy (non-hydrogen) atoms. The average molecular weight is 537 g/mol. The van der Waals surface area contributed by atoms with Gasteiger partial charge in [-0.2, -0.15) is 4.57 Å². The predicted octanol–water partition coefficient (Wildman–Crippen LogP) is 3.56. The lowest BCUT2D eigenvalue weighted by Gasteiger charge is -2.12. The van der Waals surface area contributed by atoms with E-state index < -0.39 is 0 Å². The summed E-state index contributed by atoms with van der Waals surface area (Å²) in [5, 5.41) is 3.99. The van der Waals surface area contributed by atoms with Gasteiger partial charge in [0.2, 0.25) is 0 Å². The number of thiazole rings is 2. The lowest BCUT2D eigenvalue weighted by Crippen LogP contribution is -2.36. The number of methoxy groups -OCH3 is 1. The maximum absolute atomic E-state index is 13.5. The van der Waals surface area contributed by atoms with Crippen molar-refractivity contribution in [3.05, 3.63) is 95.3 Å². The molecule has 3 heterocycles. The summed E-state index contributed by atoms with van der Waals surface area (Å²) in [6, 6.07) is 13.9. The van der Waals surface area contributed by atoms with Crippen LogP contribution in [0.3, 0.4) is 0 Å². The molecule has 0 N–H and O–H groups in total. The highest BCUT2D eigenvalue weighted by Crippen LogP contribution is 2.45. The second kappa shape index (κ2) is 10.1. The van der Waals surface area contributed by atoms with Crippen LogP contribution in [0.15, 0.2) is 63.7 Å². The standard InChI is InChI=1S/C27H26N3O3S3/c1-5-30-23(36-24(25(30)31)26-28(3)20-11-10-17(2)14-21(20)35-26)15-22-29(12-13-34-22)16-18-8-6-7-9-19(18)27(32)33-4/h6-15H,5,16H2,1-4H3/q+1/b26-24+. The van der Waals surface area contributed by atoms with Crippen LogP contribution < -0.4 is 24.2 Å². The van der Waals surface area contributed by atoms with E-state index in [2.05, 4.69) is 40.7 Å². The Morgan fingerprint density at radius 2 is 2.00 bits per heavy atom. The second-order valence-corrected chi connectivity index (χ2v) is 11.4. The van der Waals surface area contributed by atoms with Crippen molar-refractivity contribution in [2.75, 3.05) is 19.1 Å². The Hall–Kier alpha value is -3.14. The number of fused-ring (bicyclic) bond motifs is 1. The Morgan fingerprint density at radius 1 is 1.19 bits per heavy atom. The third-order valence-corrected chi connectivity index (χ3v) is 9.45. The van der Waals surface area contributed by atoms with E-state index in [4.69, 9.17) is 4.74 Å². The van der Waals surface area contributed by atoms with Crippen molar-refractivity contribution in [2.24, 2.45) is 0 Å². The molecule has 184 valence electrons. The van der Waals surface area contributed by atoms with Gasteiger partial charge in [-0.05, 0) is 37.6 Å². The van der Waals surface area contributed by atoms with Crippen molar-refractivity contribution < 1.29 is 14.1 Å². The number of carbonyl (C=O) groups excluding carboxylic acids is 1. The number of anilines is 1. The molecule has 0 spiro atoms. The lowest BCUT2D eigenvalue weighted by molar-refractivity contribution is -0.685. The van der Waals surface area contributed by atoms with Gasteiger partial charge in [-0.25, -0.2) is 4.79 Å². The van der Waals surface area contributed by atoms with Crippen LogP contribution in [0.4, 0.5) is 5.69 Å². The highest BCUT2D eigenvalue weighted by atomic mass is 32.2. The summed E-state index contributed by atoms with van der Waals surface area (Å²) in [6.07, 6.45) is 4.07. The first-order valence-electron chi connectivity index (χ1n) is 11.5. The molecule has 0 aliphatic carbocycles. The van der Waals surface area contributed by atoms with Gasteiger partial charge in [0.25, 0.3) is 10.6 Å². The van der Waals surface area contributed by atoms with Crippen molar-refractivity contribution in [3.63, 3.8) is 0 Å². The van der Waals surface area contributed by atoms with Gasteiger partial charge in [-0.3, -0.25) is 9.36 Å². The first-order valence-corrected chi connectivity index (χ1v) is 14.0. The summed E-state index contributed by atoms with van der Waals surface area (Å²) in [5.74, 6) is -0.346. The number of esters is 1. The van der Waals surface area contributed by atoms with E-state index in [1.807, 2.05) is 48.3 Å². The van der Waals surface area contributed by atoms with Crippen LogP contribution in [0, 0.1) is 6.92 Å². The fourth-order valence-electron chi connectivity index (χ4n) is 4.25. The van der Waals surface area contributed by atoms with E-state index >= 15 is 0 Å². The summed E-state index contributed by atoms with van der Waals surface area (Å²) >= 11 is 4.79. The molecule has 5 rings (SSSR count). The molecule has 0 saturated heterocycles. The van der Waals surface area contributed by atoms with Crippen LogP contribution in [0.1, 0.15) is 33.4 Å². The molecule has 0 atom stereocenters. The van der Waals surface area contributed by atoms with E-state index in [-0.39, 0.29) is 11.5 Å². The van der Waals surface area contributed by atoms with Crippen molar-refractivity contribution in [1.29, 1.82) is 0 Å². The predicted molar refractivity (Wildman–Crippen MR) is 147 cm³/mol. The van der Waals surface area contributed by atoms with Crippen LogP contribution in [0.2, 0.25) is 0 Å². The Balaban J connectivity index is 1.58. The maximum Gasteiger partial charge on any atom is 0.338 e. The third-order valence-electron chi connectivity index (χ3n) is 6.13. The van der Waals surface area contributed by atoms with Gasteiger partial charge in [-0.1, -0.05) is 47.4 Å². The molecule has 2 aromatic carbocycles. The Labute approximate surface area is 221 Å². The number of thioether (sulfide) groups is 1. The monoisotopic (exact) mass is 536 g/mol. The van der Waals surface area contributed by atoms with Gasteiger partial charge in [0, 0.05) is 24.1 Å². The molecule has 0 unspecified atom stereocenters. The molecule has 1 aliphatic heterocycles. The number of aryl methyl sites for hydroxylation is 1. The zero-order valence-corrected chi connectivity index (χ0v) is 22.9. The highest BCUT2D eigenvalue weighted by Gasteiger charge is 2.25. The molecule has 0 bridgehead atoms. The van der Waals surface area contributed by atoms with Gasteiger partial charge in [0.05, 0.1) is 29.8 Å². The lowest BCUT2D eigenvalue weighted by atomic mass is 10.1. The smallest absolute Gasteiger partial charge is 0.338 e. The number of aromatic nitrogens is 2.